The summed E-state index contributed by atoms with van der Waals surface area (Å²) in [7, 11) is 0. The summed E-state index contributed by atoms with van der Waals surface area (Å²) in [4.78, 5) is 2.57. The van der Waals surface area contributed by atoms with E-state index in [1.54, 1.807) is 0 Å². The van der Waals surface area contributed by atoms with Crippen molar-refractivity contribution < 1.29 is 5.11 Å². The molecule has 2 fully saturated rings. The maximum Gasteiger partial charge on any atom is 0.0745 e. The van der Waals surface area contributed by atoms with E-state index in [9.17, 15) is 5.11 Å². The lowest BCUT2D eigenvalue weighted by Gasteiger charge is -2.30. The third kappa shape index (κ3) is 2.49. The number of nitrogens with zero attached hydrogens (tertiary/aromatic N) is 1. The van der Waals surface area contributed by atoms with Crippen LogP contribution in [0.4, 0.5) is 5.69 Å². The molecule has 0 amide bonds. The van der Waals surface area contributed by atoms with Gasteiger partial charge in [0.1, 0.15) is 0 Å². The number of hydrogen-bond donors (Lipinski definition) is 2. The molecule has 2 aliphatic rings. The molecule has 1 aromatic carbocycles. The fourth-order valence-electron chi connectivity index (χ4n) is 3.39. The number of anilines is 1. The summed E-state index contributed by atoms with van der Waals surface area (Å²) in [6, 6.07) is 9.66. The monoisotopic (exact) mass is 260 g/mol. The summed E-state index contributed by atoms with van der Waals surface area (Å²) < 4.78 is 0. The highest BCUT2D eigenvalue weighted by Crippen LogP contribution is 2.38. The quantitative estimate of drug-likeness (QED) is 0.872. The zero-order chi connectivity index (χ0) is 13.5. The van der Waals surface area contributed by atoms with Crippen molar-refractivity contribution in [3.05, 3.63) is 29.8 Å². The highest BCUT2D eigenvalue weighted by Gasteiger charge is 2.46. The second-order valence-electron chi connectivity index (χ2n) is 6.34. The Balaban J connectivity index is 1.79. The van der Waals surface area contributed by atoms with E-state index >= 15 is 0 Å². The minimum atomic E-state index is -0.173. The molecule has 0 bridgehead atoms. The first-order valence-corrected chi connectivity index (χ1v) is 7.34. The number of aryl methyl sites for hydroxylation is 1. The number of aliphatic hydroxyl groups is 1. The summed E-state index contributed by atoms with van der Waals surface area (Å²) >= 11 is 0. The van der Waals surface area contributed by atoms with Gasteiger partial charge in [-0.2, -0.15) is 0 Å². The average Bonchev–Trinajstić information content (AvgIpc) is 3.18. The van der Waals surface area contributed by atoms with Crippen LogP contribution in [0.25, 0.3) is 0 Å². The Labute approximate surface area is 115 Å². The van der Waals surface area contributed by atoms with Crippen LogP contribution in [0, 0.1) is 6.92 Å². The van der Waals surface area contributed by atoms with Gasteiger partial charge in [0.05, 0.1) is 12.1 Å². The number of benzene rings is 1. The number of aliphatic hydroxyl groups excluding tert-OH is 1. The van der Waals surface area contributed by atoms with Gasteiger partial charge in [-0.3, -0.25) is 4.90 Å². The lowest BCUT2D eigenvalue weighted by Crippen LogP contribution is -2.45. The molecule has 104 valence electrons. The minimum Gasteiger partial charge on any atom is -0.394 e. The van der Waals surface area contributed by atoms with Crippen LogP contribution in [0.3, 0.4) is 0 Å². The summed E-state index contributed by atoms with van der Waals surface area (Å²) in [6.45, 7) is 5.57. The lowest BCUT2D eigenvalue weighted by molar-refractivity contribution is 0.201. The van der Waals surface area contributed by atoms with Crippen LogP contribution in [0.1, 0.15) is 31.7 Å². The zero-order valence-electron chi connectivity index (χ0n) is 11.9. The van der Waals surface area contributed by atoms with Crippen molar-refractivity contribution in [1.29, 1.82) is 0 Å². The maximum absolute atomic E-state index is 9.92. The average molecular weight is 260 g/mol. The first-order chi connectivity index (χ1) is 9.13. The van der Waals surface area contributed by atoms with Crippen LogP contribution < -0.4 is 5.32 Å². The van der Waals surface area contributed by atoms with Crippen molar-refractivity contribution in [3.63, 3.8) is 0 Å². The Morgan fingerprint density at radius 1 is 1.37 bits per heavy atom. The molecule has 2 atom stereocenters. The van der Waals surface area contributed by atoms with E-state index in [0.717, 1.165) is 24.7 Å². The molecule has 2 N–H and O–H groups in total. The molecule has 1 heterocycles. The maximum atomic E-state index is 9.92. The molecular formula is C16H24N2O. The lowest BCUT2D eigenvalue weighted by atomic mass is 9.96. The van der Waals surface area contributed by atoms with Crippen molar-refractivity contribution in [2.75, 3.05) is 18.5 Å². The fourth-order valence-corrected chi connectivity index (χ4v) is 3.39. The predicted octanol–water partition coefficient (Wildman–Crippen LogP) is 2.39. The number of likely N-dealkylation sites (tertiary alicyclic amines) is 1. The van der Waals surface area contributed by atoms with Crippen molar-refractivity contribution in [2.24, 2.45) is 0 Å². The van der Waals surface area contributed by atoms with Crippen molar-refractivity contribution in [2.45, 2.75) is 50.7 Å². The predicted molar refractivity (Wildman–Crippen MR) is 78.4 cm³/mol. The van der Waals surface area contributed by atoms with Crippen LogP contribution in [0.15, 0.2) is 24.3 Å². The van der Waals surface area contributed by atoms with Gasteiger partial charge in [-0.15, -0.1) is 0 Å². The van der Waals surface area contributed by atoms with Crippen LogP contribution in [-0.2, 0) is 0 Å². The van der Waals surface area contributed by atoms with Gasteiger partial charge in [-0.05, 0) is 44.7 Å². The van der Waals surface area contributed by atoms with Crippen molar-refractivity contribution in [3.8, 4) is 0 Å². The van der Waals surface area contributed by atoms with E-state index in [-0.39, 0.29) is 12.1 Å². The molecule has 0 radical (unpaired) electrons. The number of nitrogens with one attached hydrogen (secondary N) is 1. The molecule has 1 saturated carbocycles. The Hall–Kier alpha value is -1.06. The van der Waals surface area contributed by atoms with Crippen LogP contribution in [0.5, 0.6) is 0 Å². The Kier molecular flexibility index (Phi) is 3.27. The van der Waals surface area contributed by atoms with Gasteiger partial charge in [0.25, 0.3) is 0 Å². The van der Waals surface area contributed by atoms with Crippen molar-refractivity contribution >= 4 is 5.69 Å². The highest BCUT2D eigenvalue weighted by atomic mass is 16.3. The molecule has 0 spiro atoms. The van der Waals surface area contributed by atoms with Gasteiger partial charge in [0.15, 0.2) is 0 Å². The molecule has 3 nitrogen and oxygen atoms in total. The van der Waals surface area contributed by atoms with Gasteiger partial charge in [-0.1, -0.05) is 18.2 Å². The Morgan fingerprint density at radius 2 is 2.11 bits per heavy atom. The SMILES string of the molecule is Cc1ccccc1NC1(CO)CC(C)N(C2CC2)C1. The van der Waals surface area contributed by atoms with Crippen LogP contribution in [0.2, 0.25) is 0 Å². The molecule has 19 heavy (non-hydrogen) atoms. The molecule has 3 heteroatoms. The van der Waals surface area contributed by atoms with E-state index in [2.05, 4.69) is 48.3 Å². The van der Waals surface area contributed by atoms with E-state index in [0.29, 0.717) is 6.04 Å². The molecule has 0 aromatic heterocycles. The summed E-state index contributed by atoms with van der Waals surface area (Å²) in [5.74, 6) is 0. The van der Waals surface area contributed by atoms with E-state index in [1.165, 1.54) is 18.4 Å². The second-order valence-corrected chi connectivity index (χ2v) is 6.34. The smallest absolute Gasteiger partial charge is 0.0745 e. The first-order valence-electron chi connectivity index (χ1n) is 7.34. The van der Waals surface area contributed by atoms with Gasteiger partial charge in [0.2, 0.25) is 0 Å². The third-order valence-corrected chi connectivity index (χ3v) is 4.60. The van der Waals surface area contributed by atoms with Gasteiger partial charge >= 0.3 is 0 Å². The van der Waals surface area contributed by atoms with Crippen LogP contribution >= 0.6 is 0 Å². The molecule has 1 aromatic rings. The van der Waals surface area contributed by atoms with E-state index < -0.39 is 0 Å². The van der Waals surface area contributed by atoms with Crippen LogP contribution in [-0.4, -0.2) is 40.8 Å². The molecule has 1 aliphatic heterocycles. The molecule has 1 aliphatic carbocycles. The number of para-hydroxylation sites is 1. The van der Waals surface area contributed by atoms with Gasteiger partial charge < -0.3 is 10.4 Å². The van der Waals surface area contributed by atoms with E-state index in [1.807, 2.05) is 0 Å². The molecule has 1 saturated heterocycles. The minimum absolute atomic E-state index is 0.173. The fraction of sp³-hybridized carbons (Fsp3) is 0.625. The second kappa shape index (κ2) is 4.80. The highest BCUT2D eigenvalue weighted by molar-refractivity contribution is 5.52. The molecular weight excluding hydrogens is 236 g/mol. The molecule has 2 unspecified atom stereocenters. The first kappa shape index (κ1) is 12.9. The largest absolute Gasteiger partial charge is 0.394 e. The van der Waals surface area contributed by atoms with Gasteiger partial charge in [0, 0.05) is 24.3 Å². The standard InChI is InChI=1S/C16H24N2O/c1-12-5-3-4-6-15(12)17-16(11-19)9-13(2)18(10-16)14-7-8-14/h3-6,13-14,17,19H,7-11H2,1-2H3. The number of rotatable bonds is 4. The molecule has 3 rings (SSSR count). The zero-order valence-corrected chi connectivity index (χ0v) is 11.9. The third-order valence-electron chi connectivity index (χ3n) is 4.60. The number of hydrogen-bond acceptors (Lipinski definition) is 3. The van der Waals surface area contributed by atoms with Crippen molar-refractivity contribution in [1.82, 2.24) is 4.90 Å². The Morgan fingerprint density at radius 3 is 2.74 bits per heavy atom. The summed E-state index contributed by atoms with van der Waals surface area (Å²) in [6.07, 6.45) is 3.68. The Bertz CT molecular complexity index is 458. The summed E-state index contributed by atoms with van der Waals surface area (Å²) in [5, 5.41) is 13.5. The van der Waals surface area contributed by atoms with E-state index in [4.69, 9.17) is 0 Å². The topological polar surface area (TPSA) is 35.5 Å². The van der Waals surface area contributed by atoms with Gasteiger partial charge in [-0.25, -0.2) is 0 Å². The summed E-state index contributed by atoms with van der Waals surface area (Å²) in [5.41, 5.74) is 2.22. The normalized spacial score (nSPS) is 31.6.